The van der Waals surface area contributed by atoms with Gasteiger partial charge in [0.15, 0.2) is 0 Å². The summed E-state index contributed by atoms with van der Waals surface area (Å²) in [5.74, 6) is -0.469. The monoisotopic (exact) mass is 293 g/mol. The van der Waals surface area contributed by atoms with Crippen LogP contribution in [0.3, 0.4) is 0 Å². The Kier molecular flexibility index (Phi) is 4.39. The number of nitrogens with zero attached hydrogens (tertiary/aromatic N) is 3. The number of rotatable bonds is 4. The molecule has 0 amide bonds. The smallest absolute Gasteiger partial charge is 0.343 e. The number of halogens is 1. The van der Waals surface area contributed by atoms with E-state index in [2.05, 4.69) is 10.1 Å². The van der Waals surface area contributed by atoms with Crippen molar-refractivity contribution in [2.45, 2.75) is 33.4 Å². The molecule has 0 aliphatic rings. The topological polar surface area (TPSA) is 57.0 Å². The lowest BCUT2D eigenvalue weighted by Gasteiger charge is -2.13. The molecular weight excluding hydrogens is 278 g/mol. The van der Waals surface area contributed by atoms with Gasteiger partial charge in [-0.2, -0.15) is 5.10 Å². The van der Waals surface area contributed by atoms with Crippen molar-refractivity contribution in [2.24, 2.45) is 0 Å². The lowest BCUT2D eigenvalue weighted by Crippen LogP contribution is -2.10. The third kappa shape index (κ3) is 2.82. The van der Waals surface area contributed by atoms with Gasteiger partial charge in [-0.25, -0.2) is 4.79 Å². The molecule has 0 saturated heterocycles. The Labute approximate surface area is 122 Å². The Morgan fingerprint density at radius 2 is 2.30 bits per heavy atom. The van der Waals surface area contributed by atoms with Crippen molar-refractivity contribution in [3.05, 3.63) is 46.5 Å². The summed E-state index contributed by atoms with van der Waals surface area (Å²) in [6.45, 7) is 6.04. The molecule has 0 N–H and O–H groups in total. The van der Waals surface area contributed by atoms with Gasteiger partial charge >= 0.3 is 5.97 Å². The van der Waals surface area contributed by atoms with Gasteiger partial charge in [0, 0.05) is 24.5 Å². The average molecular weight is 294 g/mol. The van der Waals surface area contributed by atoms with E-state index in [4.69, 9.17) is 16.3 Å². The summed E-state index contributed by atoms with van der Waals surface area (Å²) in [5, 5.41) is 4.51. The SMILES string of the molecule is CCn1nc(C)c(C(=O)OC(C)c2cccnc2)c1Cl. The van der Waals surface area contributed by atoms with Crippen molar-refractivity contribution in [3.63, 3.8) is 0 Å². The van der Waals surface area contributed by atoms with Gasteiger partial charge in [0.05, 0.1) is 5.69 Å². The van der Waals surface area contributed by atoms with Crippen molar-refractivity contribution in [2.75, 3.05) is 0 Å². The van der Waals surface area contributed by atoms with Gasteiger partial charge in [-0.3, -0.25) is 9.67 Å². The van der Waals surface area contributed by atoms with Gasteiger partial charge < -0.3 is 4.74 Å². The highest BCUT2D eigenvalue weighted by Gasteiger charge is 2.23. The van der Waals surface area contributed by atoms with Crippen LogP contribution in [-0.4, -0.2) is 20.7 Å². The van der Waals surface area contributed by atoms with E-state index in [0.29, 0.717) is 23.0 Å². The lowest BCUT2D eigenvalue weighted by molar-refractivity contribution is 0.0336. The fourth-order valence-corrected chi connectivity index (χ4v) is 2.27. The summed E-state index contributed by atoms with van der Waals surface area (Å²) in [6.07, 6.45) is 2.95. The van der Waals surface area contributed by atoms with E-state index in [1.165, 1.54) is 0 Å². The third-order valence-corrected chi connectivity index (χ3v) is 3.39. The molecule has 1 atom stereocenters. The van der Waals surface area contributed by atoms with E-state index in [-0.39, 0.29) is 0 Å². The van der Waals surface area contributed by atoms with Crippen LogP contribution in [0, 0.1) is 6.92 Å². The Morgan fingerprint density at radius 3 is 2.85 bits per heavy atom. The fraction of sp³-hybridized carbons (Fsp3) is 0.357. The first kappa shape index (κ1) is 14.5. The number of ether oxygens (including phenoxy) is 1. The van der Waals surface area contributed by atoms with Gasteiger partial charge in [-0.15, -0.1) is 0 Å². The van der Waals surface area contributed by atoms with Crippen LogP contribution in [0.2, 0.25) is 5.15 Å². The summed E-state index contributed by atoms with van der Waals surface area (Å²) < 4.78 is 7.00. The first-order chi connectivity index (χ1) is 9.54. The minimum atomic E-state index is -0.469. The number of hydrogen-bond acceptors (Lipinski definition) is 4. The zero-order valence-electron chi connectivity index (χ0n) is 11.6. The molecule has 0 fully saturated rings. The van der Waals surface area contributed by atoms with Crippen molar-refractivity contribution in [1.82, 2.24) is 14.8 Å². The lowest BCUT2D eigenvalue weighted by atomic mass is 10.2. The van der Waals surface area contributed by atoms with Gasteiger partial charge in [0.25, 0.3) is 0 Å². The highest BCUT2D eigenvalue weighted by atomic mass is 35.5. The molecule has 2 rings (SSSR count). The quantitative estimate of drug-likeness (QED) is 0.812. The normalized spacial score (nSPS) is 12.2. The minimum Gasteiger partial charge on any atom is -0.454 e. The molecule has 0 spiro atoms. The van der Waals surface area contributed by atoms with Gasteiger partial charge in [-0.1, -0.05) is 17.7 Å². The molecule has 106 valence electrons. The first-order valence-electron chi connectivity index (χ1n) is 6.38. The van der Waals surface area contributed by atoms with Crippen LogP contribution >= 0.6 is 11.6 Å². The standard InChI is InChI=1S/C14H16ClN3O2/c1-4-18-13(15)12(9(2)17-18)14(19)20-10(3)11-6-5-7-16-8-11/h5-8,10H,4H2,1-3H3. The molecule has 2 aromatic heterocycles. The molecular formula is C14H16ClN3O2. The molecule has 0 saturated carbocycles. The first-order valence-corrected chi connectivity index (χ1v) is 6.76. The second-order valence-corrected chi connectivity index (χ2v) is 4.76. The van der Waals surface area contributed by atoms with Crippen LogP contribution in [0.15, 0.2) is 24.5 Å². The molecule has 6 heteroatoms. The van der Waals surface area contributed by atoms with Crippen molar-refractivity contribution in [1.29, 1.82) is 0 Å². The molecule has 0 aromatic carbocycles. The highest BCUT2D eigenvalue weighted by Crippen LogP contribution is 2.24. The number of aromatic nitrogens is 3. The Hall–Kier alpha value is -1.88. The predicted molar refractivity (Wildman–Crippen MR) is 75.7 cm³/mol. The molecule has 2 aromatic rings. The minimum absolute atomic E-state index is 0.313. The number of aryl methyl sites for hydroxylation is 2. The molecule has 0 aliphatic heterocycles. The number of esters is 1. The summed E-state index contributed by atoms with van der Waals surface area (Å²) in [6, 6.07) is 3.65. The van der Waals surface area contributed by atoms with E-state index >= 15 is 0 Å². The van der Waals surface area contributed by atoms with Crippen LogP contribution in [0.1, 0.15) is 41.6 Å². The largest absolute Gasteiger partial charge is 0.454 e. The van der Waals surface area contributed by atoms with E-state index in [0.717, 1.165) is 5.56 Å². The highest BCUT2D eigenvalue weighted by molar-refractivity contribution is 6.32. The van der Waals surface area contributed by atoms with Gasteiger partial charge in [-0.05, 0) is 26.8 Å². The summed E-state index contributed by atoms with van der Waals surface area (Å²) >= 11 is 6.14. The molecule has 0 bridgehead atoms. The summed E-state index contributed by atoms with van der Waals surface area (Å²) in [7, 11) is 0. The number of pyridine rings is 1. The zero-order chi connectivity index (χ0) is 14.7. The maximum absolute atomic E-state index is 12.2. The van der Waals surface area contributed by atoms with Crippen molar-refractivity contribution in [3.8, 4) is 0 Å². The van der Waals surface area contributed by atoms with Crippen LogP contribution in [0.5, 0.6) is 0 Å². The second kappa shape index (κ2) is 6.05. The molecule has 2 heterocycles. The van der Waals surface area contributed by atoms with E-state index < -0.39 is 12.1 Å². The molecule has 1 unspecified atom stereocenters. The Bertz CT molecular complexity index is 610. The summed E-state index contributed by atoms with van der Waals surface area (Å²) in [5.41, 5.74) is 1.72. The number of carbonyl (C=O) groups is 1. The van der Waals surface area contributed by atoms with E-state index in [9.17, 15) is 4.79 Å². The number of hydrogen-bond donors (Lipinski definition) is 0. The third-order valence-electron chi connectivity index (χ3n) is 3.01. The van der Waals surface area contributed by atoms with Crippen LogP contribution in [-0.2, 0) is 11.3 Å². The van der Waals surface area contributed by atoms with Crippen LogP contribution in [0.4, 0.5) is 0 Å². The van der Waals surface area contributed by atoms with Gasteiger partial charge in [0.2, 0.25) is 0 Å². The fourth-order valence-electron chi connectivity index (χ4n) is 1.90. The molecule has 20 heavy (non-hydrogen) atoms. The Balaban J connectivity index is 2.19. The maximum Gasteiger partial charge on any atom is 0.343 e. The average Bonchev–Trinajstić information content (AvgIpc) is 2.74. The van der Waals surface area contributed by atoms with E-state index in [1.807, 2.05) is 13.0 Å². The van der Waals surface area contributed by atoms with E-state index in [1.54, 1.807) is 37.0 Å². The van der Waals surface area contributed by atoms with Crippen LogP contribution < -0.4 is 0 Å². The van der Waals surface area contributed by atoms with Gasteiger partial charge in [0.1, 0.15) is 16.8 Å². The summed E-state index contributed by atoms with van der Waals surface area (Å²) in [4.78, 5) is 16.2. The number of carbonyl (C=O) groups excluding carboxylic acids is 1. The molecule has 5 nitrogen and oxygen atoms in total. The predicted octanol–water partition coefficient (Wildman–Crippen LogP) is 3.18. The second-order valence-electron chi connectivity index (χ2n) is 4.40. The van der Waals surface area contributed by atoms with Crippen molar-refractivity contribution < 1.29 is 9.53 Å². The molecule has 0 radical (unpaired) electrons. The maximum atomic E-state index is 12.2. The van der Waals surface area contributed by atoms with Crippen molar-refractivity contribution >= 4 is 17.6 Å². The Morgan fingerprint density at radius 1 is 1.55 bits per heavy atom. The molecule has 0 aliphatic carbocycles. The van der Waals surface area contributed by atoms with Crippen LogP contribution in [0.25, 0.3) is 0 Å². The zero-order valence-corrected chi connectivity index (χ0v) is 12.4.